The molecular weight excluding hydrogens is 173 g/mol. The number of hydrogen-bond donors (Lipinski definition) is 1. The molecule has 0 spiro atoms. The highest BCUT2D eigenvalue weighted by Gasteiger charge is 2.08. The first kappa shape index (κ1) is 9.57. The molecule has 0 fully saturated rings. The number of aromatic nitrogens is 2. The van der Waals surface area contributed by atoms with Crippen LogP contribution in [0.3, 0.4) is 0 Å². The molecule has 0 radical (unpaired) electrons. The molecule has 1 aromatic heterocycles. The molecular formula is C8H10FN3O. The van der Waals surface area contributed by atoms with Crippen LogP contribution in [-0.4, -0.2) is 15.9 Å². The van der Waals surface area contributed by atoms with Gasteiger partial charge < -0.3 is 5.32 Å². The van der Waals surface area contributed by atoms with E-state index in [1.54, 1.807) is 6.92 Å². The standard InChI is InChI=1S/C8H10FN3O/c1-5(12-6(2)13)8-10-3-7(9)4-11-8/h3-5H,1-2H3,(H,12,13)/t5-/m1/s1. The van der Waals surface area contributed by atoms with Crippen molar-refractivity contribution in [3.05, 3.63) is 24.0 Å². The van der Waals surface area contributed by atoms with Gasteiger partial charge in [-0.3, -0.25) is 4.79 Å². The summed E-state index contributed by atoms with van der Waals surface area (Å²) in [5, 5.41) is 2.59. The zero-order valence-electron chi connectivity index (χ0n) is 7.41. The Bertz CT molecular complexity index is 299. The molecule has 1 rings (SSSR count). The Morgan fingerprint density at radius 1 is 1.54 bits per heavy atom. The van der Waals surface area contributed by atoms with Gasteiger partial charge in [-0.15, -0.1) is 0 Å². The molecule has 0 aliphatic carbocycles. The van der Waals surface area contributed by atoms with Crippen molar-refractivity contribution in [3.63, 3.8) is 0 Å². The highest BCUT2D eigenvalue weighted by molar-refractivity contribution is 5.73. The Morgan fingerprint density at radius 3 is 2.54 bits per heavy atom. The van der Waals surface area contributed by atoms with Gasteiger partial charge in [0.2, 0.25) is 5.91 Å². The van der Waals surface area contributed by atoms with Crippen molar-refractivity contribution in [2.24, 2.45) is 0 Å². The average molecular weight is 183 g/mol. The fourth-order valence-corrected chi connectivity index (χ4v) is 0.915. The third kappa shape index (κ3) is 2.77. The van der Waals surface area contributed by atoms with Crippen LogP contribution in [0.1, 0.15) is 25.7 Å². The summed E-state index contributed by atoms with van der Waals surface area (Å²) in [4.78, 5) is 18.1. The summed E-state index contributed by atoms with van der Waals surface area (Å²) in [6, 6.07) is -0.293. The number of nitrogens with zero attached hydrogens (tertiary/aromatic N) is 2. The molecule has 13 heavy (non-hydrogen) atoms. The Labute approximate surface area is 75.2 Å². The molecule has 0 aliphatic rings. The minimum atomic E-state index is -0.487. The van der Waals surface area contributed by atoms with Gasteiger partial charge in [0.25, 0.3) is 0 Å². The summed E-state index contributed by atoms with van der Waals surface area (Å²) in [5.41, 5.74) is 0. The van der Waals surface area contributed by atoms with Crippen molar-refractivity contribution >= 4 is 5.91 Å². The smallest absolute Gasteiger partial charge is 0.217 e. The van der Waals surface area contributed by atoms with Crippen LogP contribution in [0.2, 0.25) is 0 Å². The maximum atomic E-state index is 12.4. The van der Waals surface area contributed by atoms with Crippen LogP contribution < -0.4 is 5.32 Å². The minimum Gasteiger partial charge on any atom is -0.347 e. The maximum absolute atomic E-state index is 12.4. The SMILES string of the molecule is CC(=O)N[C@H](C)c1ncc(F)cn1. The number of nitrogens with one attached hydrogen (secondary N) is 1. The molecule has 0 saturated heterocycles. The van der Waals surface area contributed by atoms with E-state index in [-0.39, 0.29) is 11.9 Å². The summed E-state index contributed by atoms with van der Waals surface area (Å²) in [5.74, 6) is -0.254. The van der Waals surface area contributed by atoms with Gasteiger partial charge in [0.1, 0.15) is 5.82 Å². The van der Waals surface area contributed by atoms with Gasteiger partial charge in [-0.1, -0.05) is 0 Å². The monoisotopic (exact) mass is 183 g/mol. The molecule has 0 unspecified atom stereocenters. The first-order valence-corrected chi connectivity index (χ1v) is 3.84. The predicted octanol–water partition coefficient (Wildman–Crippen LogP) is 0.813. The first-order chi connectivity index (χ1) is 6.09. The fourth-order valence-electron chi connectivity index (χ4n) is 0.915. The van der Waals surface area contributed by atoms with E-state index in [1.165, 1.54) is 6.92 Å². The number of rotatable bonds is 2. The first-order valence-electron chi connectivity index (χ1n) is 3.84. The van der Waals surface area contributed by atoms with Crippen LogP contribution in [0.5, 0.6) is 0 Å². The molecule has 0 bridgehead atoms. The molecule has 1 atom stereocenters. The Morgan fingerprint density at radius 2 is 2.08 bits per heavy atom. The lowest BCUT2D eigenvalue weighted by Crippen LogP contribution is -2.25. The minimum absolute atomic E-state index is 0.166. The van der Waals surface area contributed by atoms with Crippen LogP contribution in [0.25, 0.3) is 0 Å². The summed E-state index contributed by atoms with van der Waals surface area (Å²) >= 11 is 0. The number of carbonyl (C=O) groups excluding carboxylic acids is 1. The van der Waals surface area contributed by atoms with Crippen molar-refractivity contribution < 1.29 is 9.18 Å². The van der Waals surface area contributed by atoms with E-state index in [1.807, 2.05) is 0 Å². The Kier molecular flexibility index (Phi) is 2.89. The van der Waals surface area contributed by atoms with E-state index in [4.69, 9.17) is 0 Å². The normalized spacial score (nSPS) is 12.2. The van der Waals surface area contributed by atoms with Crippen LogP contribution in [0, 0.1) is 5.82 Å². The number of carbonyl (C=O) groups is 1. The van der Waals surface area contributed by atoms with Crippen LogP contribution in [0.4, 0.5) is 4.39 Å². The van der Waals surface area contributed by atoms with Gasteiger partial charge >= 0.3 is 0 Å². The second-order valence-electron chi connectivity index (χ2n) is 2.68. The molecule has 0 aromatic carbocycles. The molecule has 5 heteroatoms. The lowest BCUT2D eigenvalue weighted by Gasteiger charge is -2.09. The van der Waals surface area contributed by atoms with Crippen molar-refractivity contribution in [3.8, 4) is 0 Å². The molecule has 1 aromatic rings. The van der Waals surface area contributed by atoms with Gasteiger partial charge in [0, 0.05) is 6.92 Å². The number of halogens is 1. The molecule has 1 heterocycles. The van der Waals surface area contributed by atoms with Crippen LogP contribution in [-0.2, 0) is 4.79 Å². The van der Waals surface area contributed by atoms with Gasteiger partial charge in [-0.2, -0.15) is 0 Å². The summed E-state index contributed by atoms with van der Waals surface area (Å²) in [7, 11) is 0. The predicted molar refractivity (Wildman–Crippen MR) is 44.2 cm³/mol. The number of amides is 1. The topological polar surface area (TPSA) is 54.9 Å². The highest BCUT2D eigenvalue weighted by Crippen LogP contribution is 2.04. The van der Waals surface area contributed by atoms with E-state index in [9.17, 15) is 9.18 Å². The van der Waals surface area contributed by atoms with E-state index in [2.05, 4.69) is 15.3 Å². The summed E-state index contributed by atoms with van der Waals surface area (Å²) < 4.78 is 12.4. The molecule has 1 N–H and O–H groups in total. The Hall–Kier alpha value is -1.52. The summed E-state index contributed by atoms with van der Waals surface area (Å²) in [6.07, 6.45) is 2.14. The molecule has 0 saturated carbocycles. The van der Waals surface area contributed by atoms with E-state index in [0.717, 1.165) is 12.4 Å². The largest absolute Gasteiger partial charge is 0.347 e. The second-order valence-corrected chi connectivity index (χ2v) is 2.68. The zero-order valence-corrected chi connectivity index (χ0v) is 7.41. The van der Waals surface area contributed by atoms with E-state index >= 15 is 0 Å². The molecule has 4 nitrogen and oxygen atoms in total. The van der Waals surface area contributed by atoms with Crippen molar-refractivity contribution in [1.82, 2.24) is 15.3 Å². The zero-order chi connectivity index (χ0) is 9.84. The van der Waals surface area contributed by atoms with Crippen molar-refractivity contribution in [2.75, 3.05) is 0 Å². The molecule has 70 valence electrons. The average Bonchev–Trinajstić information content (AvgIpc) is 2.04. The van der Waals surface area contributed by atoms with Gasteiger partial charge in [-0.25, -0.2) is 14.4 Å². The van der Waals surface area contributed by atoms with Gasteiger partial charge in [0.15, 0.2) is 5.82 Å². The van der Waals surface area contributed by atoms with Crippen molar-refractivity contribution in [2.45, 2.75) is 19.9 Å². The fraction of sp³-hybridized carbons (Fsp3) is 0.375. The van der Waals surface area contributed by atoms with Crippen LogP contribution in [0.15, 0.2) is 12.4 Å². The number of hydrogen-bond acceptors (Lipinski definition) is 3. The second kappa shape index (κ2) is 3.93. The lowest BCUT2D eigenvalue weighted by molar-refractivity contribution is -0.119. The third-order valence-corrected chi connectivity index (χ3v) is 1.45. The summed E-state index contributed by atoms with van der Waals surface area (Å²) in [6.45, 7) is 3.13. The van der Waals surface area contributed by atoms with Crippen molar-refractivity contribution in [1.29, 1.82) is 0 Å². The third-order valence-electron chi connectivity index (χ3n) is 1.45. The quantitative estimate of drug-likeness (QED) is 0.738. The highest BCUT2D eigenvalue weighted by atomic mass is 19.1. The lowest BCUT2D eigenvalue weighted by atomic mass is 10.3. The van der Waals surface area contributed by atoms with E-state index < -0.39 is 5.82 Å². The van der Waals surface area contributed by atoms with Gasteiger partial charge in [0.05, 0.1) is 18.4 Å². The van der Waals surface area contributed by atoms with E-state index in [0.29, 0.717) is 5.82 Å². The van der Waals surface area contributed by atoms with Gasteiger partial charge in [-0.05, 0) is 6.92 Å². The Balaban J connectivity index is 2.71. The molecule has 0 aliphatic heterocycles. The molecule has 1 amide bonds. The maximum Gasteiger partial charge on any atom is 0.217 e. The van der Waals surface area contributed by atoms with Crippen LogP contribution >= 0.6 is 0 Å².